The molecule has 5 heteroatoms. The molecule has 3 heterocycles. The number of nitrogens with zero attached hydrogens (tertiary/aromatic N) is 4. The van der Waals surface area contributed by atoms with Crippen molar-refractivity contribution in [2.75, 3.05) is 0 Å². The summed E-state index contributed by atoms with van der Waals surface area (Å²) in [6.45, 7) is 8.43. The Balaban J connectivity index is 2.09. The van der Waals surface area contributed by atoms with E-state index in [1.807, 2.05) is 25.3 Å². The minimum absolute atomic E-state index is 0.310. The maximum atomic E-state index is 4.80. The highest BCUT2D eigenvalue weighted by atomic mass is 15.1. The molecule has 0 spiro atoms. The van der Waals surface area contributed by atoms with Crippen molar-refractivity contribution >= 4 is 22.1 Å². The molecule has 1 aromatic carbocycles. The lowest BCUT2D eigenvalue weighted by molar-refractivity contribution is 0.757. The Morgan fingerprint density at radius 2 is 1.91 bits per heavy atom. The maximum absolute atomic E-state index is 4.80. The lowest BCUT2D eigenvalue weighted by Gasteiger charge is -2.12. The minimum atomic E-state index is 0.310. The van der Waals surface area contributed by atoms with E-state index in [1.165, 1.54) is 5.56 Å². The van der Waals surface area contributed by atoms with Gasteiger partial charge in [-0.1, -0.05) is 13.8 Å². The largest absolute Gasteiger partial charge is 0.280 e. The van der Waals surface area contributed by atoms with Gasteiger partial charge in [0, 0.05) is 22.7 Å². The number of aromatic amines is 1. The molecule has 0 amide bonds. The minimum Gasteiger partial charge on any atom is -0.280 e. The zero-order valence-electron chi connectivity index (χ0n) is 13.8. The maximum Gasteiger partial charge on any atom is 0.164 e. The Labute approximate surface area is 134 Å². The molecule has 0 aliphatic rings. The second-order valence-electron chi connectivity index (χ2n) is 6.35. The summed E-state index contributed by atoms with van der Waals surface area (Å²) >= 11 is 0. The molecule has 5 nitrogen and oxygen atoms in total. The van der Waals surface area contributed by atoms with Crippen molar-refractivity contribution in [3.05, 3.63) is 47.5 Å². The van der Waals surface area contributed by atoms with Crippen LogP contribution < -0.4 is 0 Å². The average Bonchev–Trinajstić information content (AvgIpc) is 3.10. The number of H-pyrrole nitrogens is 1. The number of aromatic nitrogens is 5. The van der Waals surface area contributed by atoms with Gasteiger partial charge in [0.1, 0.15) is 11.3 Å². The molecular formula is C18H19N5. The normalized spacial score (nSPS) is 11.9. The van der Waals surface area contributed by atoms with Gasteiger partial charge in [0.25, 0.3) is 0 Å². The van der Waals surface area contributed by atoms with Gasteiger partial charge in [0.05, 0.1) is 11.7 Å². The van der Waals surface area contributed by atoms with Gasteiger partial charge >= 0.3 is 0 Å². The quantitative estimate of drug-likeness (QED) is 0.608. The van der Waals surface area contributed by atoms with Gasteiger partial charge in [0.2, 0.25) is 0 Å². The number of hydrogen-bond donors (Lipinski definition) is 1. The van der Waals surface area contributed by atoms with Crippen molar-refractivity contribution in [2.24, 2.45) is 0 Å². The van der Waals surface area contributed by atoms with Crippen LogP contribution in [0.3, 0.4) is 0 Å². The average molecular weight is 305 g/mol. The lowest BCUT2D eigenvalue weighted by Crippen LogP contribution is -2.04. The Hall–Kier alpha value is -2.69. The van der Waals surface area contributed by atoms with E-state index in [0.717, 1.165) is 39.3 Å². The molecule has 4 rings (SSSR count). The van der Waals surface area contributed by atoms with Crippen LogP contribution in [0.4, 0.5) is 0 Å². The first-order valence-electron chi connectivity index (χ1n) is 7.84. The molecule has 0 aliphatic heterocycles. The fraction of sp³-hybridized carbons (Fsp3) is 0.278. The molecule has 0 saturated heterocycles. The number of aryl methyl sites for hydroxylation is 2. The molecule has 3 aromatic heterocycles. The number of hydrogen-bond acceptors (Lipinski definition) is 3. The van der Waals surface area contributed by atoms with Gasteiger partial charge in [-0.05, 0) is 43.7 Å². The van der Waals surface area contributed by atoms with Gasteiger partial charge in [-0.2, -0.15) is 5.10 Å². The molecule has 0 saturated carbocycles. The summed E-state index contributed by atoms with van der Waals surface area (Å²) in [5.74, 6) is 1.34. The molecule has 1 N–H and O–H groups in total. The second kappa shape index (κ2) is 4.91. The number of pyridine rings is 1. The number of nitrogens with one attached hydrogen (secondary N) is 1. The SMILES string of the molecule is Cc1ccc2nc(C(C)C)n(-c3cc(C)c4[nH]ncc4c3)c2n1. The first-order valence-corrected chi connectivity index (χ1v) is 7.84. The number of fused-ring (bicyclic) bond motifs is 2. The monoisotopic (exact) mass is 305 g/mol. The third-order valence-electron chi connectivity index (χ3n) is 4.18. The summed E-state index contributed by atoms with van der Waals surface area (Å²) in [5.41, 5.74) is 6.17. The third kappa shape index (κ3) is 2.11. The molecule has 4 aromatic rings. The fourth-order valence-corrected chi connectivity index (χ4v) is 3.06. The van der Waals surface area contributed by atoms with Crippen LogP contribution in [0.25, 0.3) is 27.8 Å². The lowest BCUT2D eigenvalue weighted by atomic mass is 10.1. The Morgan fingerprint density at radius 1 is 1.09 bits per heavy atom. The number of imidazole rings is 1. The van der Waals surface area contributed by atoms with Crippen LogP contribution in [0.15, 0.2) is 30.5 Å². The Morgan fingerprint density at radius 3 is 2.70 bits per heavy atom. The second-order valence-corrected chi connectivity index (χ2v) is 6.35. The third-order valence-corrected chi connectivity index (χ3v) is 4.18. The smallest absolute Gasteiger partial charge is 0.164 e. The van der Waals surface area contributed by atoms with Crippen molar-refractivity contribution in [1.82, 2.24) is 24.7 Å². The van der Waals surface area contributed by atoms with E-state index in [0.29, 0.717) is 5.92 Å². The van der Waals surface area contributed by atoms with Gasteiger partial charge < -0.3 is 0 Å². The van der Waals surface area contributed by atoms with Crippen LogP contribution in [-0.4, -0.2) is 24.7 Å². The van der Waals surface area contributed by atoms with Gasteiger partial charge in [-0.25, -0.2) is 9.97 Å². The molecule has 0 unspecified atom stereocenters. The van der Waals surface area contributed by atoms with E-state index in [4.69, 9.17) is 9.97 Å². The van der Waals surface area contributed by atoms with E-state index in [9.17, 15) is 0 Å². The topological polar surface area (TPSA) is 59.4 Å². The van der Waals surface area contributed by atoms with Crippen LogP contribution >= 0.6 is 0 Å². The Kier molecular flexibility index (Phi) is 2.98. The van der Waals surface area contributed by atoms with E-state index in [1.54, 1.807) is 0 Å². The van der Waals surface area contributed by atoms with Crippen molar-refractivity contribution in [2.45, 2.75) is 33.6 Å². The molecule has 0 aliphatic carbocycles. The van der Waals surface area contributed by atoms with E-state index >= 15 is 0 Å². The summed E-state index contributed by atoms with van der Waals surface area (Å²) in [6.07, 6.45) is 1.86. The summed E-state index contributed by atoms with van der Waals surface area (Å²) in [7, 11) is 0. The van der Waals surface area contributed by atoms with Gasteiger partial charge in [-0.15, -0.1) is 0 Å². The van der Waals surface area contributed by atoms with Crippen molar-refractivity contribution in [3.63, 3.8) is 0 Å². The van der Waals surface area contributed by atoms with Crippen LogP contribution in [0.2, 0.25) is 0 Å². The summed E-state index contributed by atoms with van der Waals surface area (Å²) in [5, 5.41) is 8.31. The zero-order valence-corrected chi connectivity index (χ0v) is 13.8. The highest BCUT2D eigenvalue weighted by molar-refractivity contribution is 5.85. The van der Waals surface area contributed by atoms with Crippen LogP contribution in [0.1, 0.15) is 36.8 Å². The molecule has 23 heavy (non-hydrogen) atoms. The summed E-state index contributed by atoms with van der Waals surface area (Å²) < 4.78 is 2.17. The standard InChI is InChI=1S/C18H19N5/c1-10(2)17-21-15-6-5-12(4)20-18(15)23(17)14-7-11(3)16-13(8-14)9-19-22-16/h5-10H,1-4H3,(H,19,22). The first kappa shape index (κ1) is 13.9. The van der Waals surface area contributed by atoms with Crippen molar-refractivity contribution in [1.29, 1.82) is 0 Å². The van der Waals surface area contributed by atoms with Crippen molar-refractivity contribution in [3.8, 4) is 5.69 Å². The van der Waals surface area contributed by atoms with Gasteiger partial charge in [0.15, 0.2) is 5.65 Å². The molecular weight excluding hydrogens is 286 g/mol. The summed E-state index contributed by atoms with van der Waals surface area (Å²) in [6, 6.07) is 8.36. The number of rotatable bonds is 2. The first-order chi connectivity index (χ1) is 11.0. The molecule has 0 bridgehead atoms. The highest BCUT2D eigenvalue weighted by Crippen LogP contribution is 2.28. The van der Waals surface area contributed by atoms with E-state index < -0.39 is 0 Å². The molecule has 0 atom stereocenters. The fourth-order valence-electron chi connectivity index (χ4n) is 3.06. The highest BCUT2D eigenvalue weighted by Gasteiger charge is 2.17. The van der Waals surface area contributed by atoms with Crippen LogP contribution in [-0.2, 0) is 0 Å². The zero-order chi connectivity index (χ0) is 16.1. The Bertz CT molecular complexity index is 1020. The molecule has 0 radical (unpaired) electrons. The van der Waals surface area contributed by atoms with Crippen LogP contribution in [0.5, 0.6) is 0 Å². The summed E-state index contributed by atoms with van der Waals surface area (Å²) in [4.78, 5) is 9.53. The van der Waals surface area contributed by atoms with Crippen molar-refractivity contribution < 1.29 is 0 Å². The van der Waals surface area contributed by atoms with E-state index in [2.05, 4.69) is 47.7 Å². The molecule has 0 fully saturated rings. The predicted molar refractivity (Wildman–Crippen MR) is 92.1 cm³/mol. The van der Waals surface area contributed by atoms with E-state index in [-0.39, 0.29) is 0 Å². The van der Waals surface area contributed by atoms with Crippen LogP contribution in [0, 0.1) is 13.8 Å². The number of benzene rings is 1. The molecule has 116 valence electrons. The van der Waals surface area contributed by atoms with Gasteiger partial charge in [-0.3, -0.25) is 9.67 Å². The predicted octanol–water partition coefficient (Wildman–Crippen LogP) is 4.04.